The van der Waals surface area contributed by atoms with Gasteiger partial charge in [0.2, 0.25) is 0 Å². The largest absolute Gasteiger partial charge is 0.467 e. The number of amides is 1. The standard InChI is InChI=1S/C23H20ClN3O3S/c1-14-20(21(26-30-14)16-6-2-3-7-17(16)24)22(28)27-12-10-15(11-13-27)29-23-25-18-8-4-5-9-19(18)31-23/h2-9,15H,10-13H2,1H3. The third-order valence-corrected chi connectivity index (χ3v) is 6.73. The Balaban J connectivity index is 1.28. The van der Waals surface area contributed by atoms with Gasteiger partial charge in [-0.15, -0.1) is 0 Å². The van der Waals surface area contributed by atoms with Gasteiger partial charge in [-0.25, -0.2) is 4.98 Å². The van der Waals surface area contributed by atoms with Crippen LogP contribution in [0, 0.1) is 6.92 Å². The average molecular weight is 454 g/mol. The van der Waals surface area contributed by atoms with Crippen LogP contribution in [-0.4, -0.2) is 40.1 Å². The number of aromatic nitrogens is 2. The fourth-order valence-electron chi connectivity index (χ4n) is 3.84. The summed E-state index contributed by atoms with van der Waals surface area (Å²) >= 11 is 7.88. The topological polar surface area (TPSA) is 68.5 Å². The molecule has 6 nitrogen and oxygen atoms in total. The van der Waals surface area contributed by atoms with Crippen LogP contribution in [0.15, 0.2) is 53.1 Å². The summed E-state index contributed by atoms with van der Waals surface area (Å²) in [5.74, 6) is 0.403. The van der Waals surface area contributed by atoms with Crippen molar-refractivity contribution in [1.29, 1.82) is 0 Å². The number of likely N-dealkylation sites (tertiary alicyclic amines) is 1. The summed E-state index contributed by atoms with van der Waals surface area (Å²) < 4.78 is 12.6. The molecule has 1 saturated heterocycles. The van der Waals surface area contributed by atoms with Crippen LogP contribution in [0.2, 0.25) is 5.02 Å². The average Bonchev–Trinajstić information content (AvgIpc) is 3.37. The number of carbonyl (C=O) groups excluding carboxylic acids is 1. The van der Waals surface area contributed by atoms with Gasteiger partial charge < -0.3 is 14.2 Å². The van der Waals surface area contributed by atoms with E-state index in [9.17, 15) is 4.79 Å². The Kier molecular flexibility index (Phi) is 5.38. The van der Waals surface area contributed by atoms with Gasteiger partial charge in [0, 0.05) is 31.5 Å². The van der Waals surface area contributed by atoms with Crippen LogP contribution < -0.4 is 4.74 Å². The van der Waals surface area contributed by atoms with E-state index in [0.717, 1.165) is 23.1 Å². The van der Waals surface area contributed by atoms with Gasteiger partial charge in [0.15, 0.2) is 0 Å². The van der Waals surface area contributed by atoms with E-state index in [1.54, 1.807) is 24.3 Å². The number of nitrogens with zero attached hydrogens (tertiary/aromatic N) is 3. The predicted molar refractivity (Wildman–Crippen MR) is 121 cm³/mol. The van der Waals surface area contributed by atoms with Crippen LogP contribution in [-0.2, 0) is 0 Å². The van der Waals surface area contributed by atoms with Crippen LogP contribution in [0.4, 0.5) is 0 Å². The van der Waals surface area contributed by atoms with E-state index < -0.39 is 0 Å². The zero-order valence-electron chi connectivity index (χ0n) is 16.9. The predicted octanol–water partition coefficient (Wildman–Crippen LogP) is 5.60. The van der Waals surface area contributed by atoms with Crippen molar-refractivity contribution in [3.05, 3.63) is 64.9 Å². The number of hydrogen-bond donors (Lipinski definition) is 0. The molecule has 5 rings (SSSR count). The summed E-state index contributed by atoms with van der Waals surface area (Å²) in [5.41, 5.74) is 2.60. The number of rotatable bonds is 4. The Labute approximate surface area is 188 Å². The highest BCUT2D eigenvalue weighted by Crippen LogP contribution is 2.33. The van der Waals surface area contributed by atoms with Crippen molar-refractivity contribution in [3.63, 3.8) is 0 Å². The second kappa shape index (κ2) is 8.32. The second-order valence-electron chi connectivity index (χ2n) is 7.50. The van der Waals surface area contributed by atoms with Gasteiger partial charge in [-0.3, -0.25) is 4.79 Å². The minimum absolute atomic E-state index is 0.0382. The van der Waals surface area contributed by atoms with Crippen molar-refractivity contribution in [3.8, 4) is 16.5 Å². The van der Waals surface area contributed by atoms with Gasteiger partial charge >= 0.3 is 0 Å². The van der Waals surface area contributed by atoms with E-state index >= 15 is 0 Å². The number of carbonyl (C=O) groups is 1. The molecular weight excluding hydrogens is 434 g/mol. The summed E-state index contributed by atoms with van der Waals surface area (Å²) in [7, 11) is 0. The Morgan fingerprint density at radius 2 is 1.90 bits per heavy atom. The lowest BCUT2D eigenvalue weighted by atomic mass is 10.0. The molecule has 3 heterocycles. The highest BCUT2D eigenvalue weighted by Gasteiger charge is 2.30. The fraction of sp³-hybridized carbons (Fsp3) is 0.261. The summed E-state index contributed by atoms with van der Waals surface area (Å²) in [6.07, 6.45) is 1.53. The molecule has 0 bridgehead atoms. The zero-order valence-corrected chi connectivity index (χ0v) is 18.4. The molecule has 1 aliphatic rings. The molecule has 1 aliphatic heterocycles. The summed E-state index contributed by atoms with van der Waals surface area (Å²) in [6, 6.07) is 15.3. The molecule has 4 aromatic rings. The summed E-state index contributed by atoms with van der Waals surface area (Å²) in [6.45, 7) is 2.95. The Morgan fingerprint density at radius 1 is 1.16 bits per heavy atom. The number of aryl methyl sites for hydroxylation is 1. The molecule has 0 N–H and O–H groups in total. The maximum Gasteiger partial charge on any atom is 0.274 e. The van der Waals surface area contributed by atoms with Crippen LogP contribution in [0.3, 0.4) is 0 Å². The van der Waals surface area contributed by atoms with E-state index in [-0.39, 0.29) is 12.0 Å². The second-order valence-corrected chi connectivity index (χ2v) is 8.90. The maximum atomic E-state index is 13.3. The molecule has 1 amide bonds. The van der Waals surface area contributed by atoms with Crippen LogP contribution in [0.5, 0.6) is 5.19 Å². The summed E-state index contributed by atoms with van der Waals surface area (Å²) in [4.78, 5) is 19.7. The first-order valence-corrected chi connectivity index (χ1v) is 11.3. The molecule has 2 aromatic heterocycles. The molecule has 0 aliphatic carbocycles. The first kappa shape index (κ1) is 20.0. The van der Waals surface area contributed by atoms with Crippen molar-refractivity contribution in [2.45, 2.75) is 25.9 Å². The van der Waals surface area contributed by atoms with E-state index in [4.69, 9.17) is 20.9 Å². The van der Waals surface area contributed by atoms with Crippen LogP contribution in [0.1, 0.15) is 29.0 Å². The number of piperidine rings is 1. The Morgan fingerprint density at radius 3 is 2.68 bits per heavy atom. The molecule has 31 heavy (non-hydrogen) atoms. The molecule has 0 atom stereocenters. The molecule has 0 spiro atoms. The van der Waals surface area contributed by atoms with Gasteiger partial charge in [0.25, 0.3) is 11.1 Å². The van der Waals surface area contributed by atoms with E-state index in [0.29, 0.717) is 45.9 Å². The number of hydrogen-bond acceptors (Lipinski definition) is 6. The van der Waals surface area contributed by atoms with Gasteiger partial charge in [-0.1, -0.05) is 58.4 Å². The minimum atomic E-state index is -0.0906. The molecule has 158 valence electrons. The molecule has 0 saturated carbocycles. The normalized spacial score (nSPS) is 14.8. The number of benzene rings is 2. The third kappa shape index (κ3) is 3.91. The number of para-hydroxylation sites is 1. The van der Waals surface area contributed by atoms with Gasteiger partial charge in [-0.2, -0.15) is 0 Å². The van der Waals surface area contributed by atoms with E-state index in [2.05, 4.69) is 10.1 Å². The van der Waals surface area contributed by atoms with E-state index in [1.165, 1.54) is 0 Å². The molecule has 0 unspecified atom stereocenters. The highest BCUT2D eigenvalue weighted by molar-refractivity contribution is 7.20. The molecule has 2 aromatic carbocycles. The monoisotopic (exact) mass is 453 g/mol. The first-order valence-electron chi connectivity index (χ1n) is 10.1. The van der Waals surface area contributed by atoms with Crippen molar-refractivity contribution in [2.24, 2.45) is 0 Å². The van der Waals surface area contributed by atoms with Crippen molar-refractivity contribution >= 4 is 39.1 Å². The van der Waals surface area contributed by atoms with E-state index in [1.807, 2.05) is 47.4 Å². The van der Waals surface area contributed by atoms with Crippen LogP contribution >= 0.6 is 22.9 Å². The SMILES string of the molecule is Cc1onc(-c2ccccc2Cl)c1C(=O)N1CCC(Oc2nc3ccccc3s2)CC1. The van der Waals surface area contributed by atoms with Gasteiger partial charge in [-0.05, 0) is 25.1 Å². The fourth-order valence-corrected chi connectivity index (χ4v) is 4.95. The lowest BCUT2D eigenvalue weighted by Crippen LogP contribution is -2.42. The zero-order chi connectivity index (χ0) is 21.4. The van der Waals surface area contributed by atoms with Crippen molar-refractivity contribution in [2.75, 3.05) is 13.1 Å². The van der Waals surface area contributed by atoms with Gasteiger partial charge in [0.1, 0.15) is 23.1 Å². The first-order chi connectivity index (χ1) is 15.1. The van der Waals surface area contributed by atoms with Crippen molar-refractivity contribution in [1.82, 2.24) is 15.0 Å². The maximum absolute atomic E-state index is 13.3. The molecule has 1 fully saturated rings. The molecular formula is C23H20ClN3O3S. The Hall–Kier alpha value is -2.90. The number of ether oxygens (including phenoxy) is 1. The number of halogens is 1. The van der Waals surface area contributed by atoms with Gasteiger partial charge in [0.05, 0.1) is 15.2 Å². The molecule has 0 radical (unpaired) electrons. The smallest absolute Gasteiger partial charge is 0.274 e. The van der Waals surface area contributed by atoms with Crippen LogP contribution in [0.25, 0.3) is 21.5 Å². The number of thiazole rings is 1. The summed E-state index contributed by atoms with van der Waals surface area (Å²) in [5, 5.41) is 5.33. The van der Waals surface area contributed by atoms with Crippen molar-refractivity contribution < 1.29 is 14.1 Å². The number of fused-ring (bicyclic) bond motifs is 1. The highest BCUT2D eigenvalue weighted by atomic mass is 35.5. The third-order valence-electron chi connectivity index (χ3n) is 5.48. The lowest BCUT2D eigenvalue weighted by molar-refractivity contribution is 0.0594. The Bertz CT molecular complexity index is 1210. The molecule has 8 heteroatoms. The lowest BCUT2D eigenvalue weighted by Gasteiger charge is -2.31. The quantitative estimate of drug-likeness (QED) is 0.402. The minimum Gasteiger partial charge on any atom is -0.467 e.